The molecule has 0 radical (unpaired) electrons. The molecule has 0 fully saturated rings. The zero-order valence-electron chi connectivity index (χ0n) is 16.3. The first-order chi connectivity index (χ1) is 13.8. The molecule has 1 aromatic heterocycles. The Morgan fingerprint density at radius 3 is 2.50 bits per heavy atom. The van der Waals surface area contributed by atoms with Crippen LogP contribution in [-0.4, -0.2) is 18.1 Å². The first kappa shape index (κ1) is 18.1. The largest absolute Gasteiger partial charge is 0.494 e. The molecule has 3 aromatic carbocycles. The second-order valence-electron chi connectivity index (χ2n) is 6.61. The highest BCUT2D eigenvalue weighted by Gasteiger charge is 2.13. The summed E-state index contributed by atoms with van der Waals surface area (Å²) in [6, 6.07) is 22.7. The number of hydrogen-bond donors (Lipinski definition) is 0. The van der Waals surface area contributed by atoms with E-state index in [1.54, 1.807) is 6.26 Å². The fourth-order valence-electron chi connectivity index (χ4n) is 3.42. The van der Waals surface area contributed by atoms with E-state index in [1.807, 2.05) is 31.2 Å². The molecule has 0 unspecified atom stereocenters. The first-order valence-corrected chi connectivity index (χ1v) is 9.69. The third-order valence-electron chi connectivity index (χ3n) is 4.81. The number of nitrogens with zero attached hydrogens (tertiary/aromatic N) is 2. The summed E-state index contributed by atoms with van der Waals surface area (Å²) in [6.07, 6.45) is 1.75. The average Bonchev–Trinajstić information content (AvgIpc) is 3.21. The molecule has 0 aliphatic rings. The van der Waals surface area contributed by atoms with Crippen LogP contribution >= 0.6 is 0 Å². The topological polar surface area (TPSA) is 38.5 Å². The van der Waals surface area contributed by atoms with Gasteiger partial charge in [-0.1, -0.05) is 36.4 Å². The SMILES string of the molecule is CCOc1ccc(-c2nc(CN(CC)c3cccc4ccccc34)co2)cc1. The van der Waals surface area contributed by atoms with Crippen LogP contribution < -0.4 is 9.64 Å². The molecular formula is C24H24N2O2. The Morgan fingerprint density at radius 2 is 1.71 bits per heavy atom. The van der Waals surface area contributed by atoms with Crippen LogP contribution in [0.5, 0.6) is 5.75 Å². The number of aromatic nitrogens is 1. The van der Waals surface area contributed by atoms with E-state index in [0.717, 1.165) is 23.6 Å². The van der Waals surface area contributed by atoms with Crippen molar-refractivity contribution in [2.75, 3.05) is 18.1 Å². The van der Waals surface area contributed by atoms with Crippen LogP contribution in [-0.2, 0) is 6.54 Å². The molecule has 0 saturated heterocycles. The zero-order chi connectivity index (χ0) is 19.3. The van der Waals surface area contributed by atoms with Crippen molar-refractivity contribution in [2.24, 2.45) is 0 Å². The smallest absolute Gasteiger partial charge is 0.226 e. The third kappa shape index (κ3) is 3.72. The summed E-state index contributed by atoms with van der Waals surface area (Å²) in [4.78, 5) is 7.02. The lowest BCUT2D eigenvalue weighted by atomic mass is 10.1. The second kappa shape index (κ2) is 8.17. The highest BCUT2D eigenvalue weighted by atomic mass is 16.5. The van der Waals surface area contributed by atoms with E-state index in [2.05, 4.69) is 54.3 Å². The van der Waals surface area contributed by atoms with Gasteiger partial charge < -0.3 is 14.1 Å². The molecule has 28 heavy (non-hydrogen) atoms. The van der Waals surface area contributed by atoms with Gasteiger partial charge in [-0.15, -0.1) is 0 Å². The van der Waals surface area contributed by atoms with E-state index in [-0.39, 0.29) is 0 Å². The number of fused-ring (bicyclic) bond motifs is 1. The molecular weight excluding hydrogens is 348 g/mol. The van der Waals surface area contributed by atoms with Crippen molar-refractivity contribution in [3.8, 4) is 17.2 Å². The van der Waals surface area contributed by atoms with E-state index >= 15 is 0 Å². The van der Waals surface area contributed by atoms with Gasteiger partial charge in [0.25, 0.3) is 0 Å². The van der Waals surface area contributed by atoms with Crippen molar-refractivity contribution in [3.63, 3.8) is 0 Å². The highest BCUT2D eigenvalue weighted by molar-refractivity contribution is 5.94. The molecule has 0 bridgehead atoms. The summed E-state index contributed by atoms with van der Waals surface area (Å²) < 4.78 is 11.2. The Morgan fingerprint density at radius 1 is 0.929 bits per heavy atom. The van der Waals surface area contributed by atoms with Crippen molar-refractivity contribution >= 4 is 16.5 Å². The Bertz CT molecular complexity index is 1050. The van der Waals surface area contributed by atoms with E-state index in [1.165, 1.54) is 16.5 Å². The molecule has 0 saturated carbocycles. The Labute approximate surface area is 165 Å². The quantitative estimate of drug-likeness (QED) is 0.404. The number of rotatable bonds is 7. The van der Waals surface area contributed by atoms with Gasteiger partial charge >= 0.3 is 0 Å². The number of ether oxygens (including phenoxy) is 1. The maximum absolute atomic E-state index is 5.74. The minimum Gasteiger partial charge on any atom is -0.494 e. The second-order valence-corrected chi connectivity index (χ2v) is 6.61. The molecule has 4 heteroatoms. The van der Waals surface area contributed by atoms with Gasteiger partial charge in [-0.2, -0.15) is 0 Å². The first-order valence-electron chi connectivity index (χ1n) is 9.69. The van der Waals surface area contributed by atoms with Gasteiger partial charge in [0.15, 0.2) is 0 Å². The molecule has 0 spiro atoms. The summed E-state index contributed by atoms with van der Waals surface area (Å²) in [6.45, 7) is 6.38. The highest BCUT2D eigenvalue weighted by Crippen LogP contribution is 2.28. The molecule has 0 aliphatic heterocycles. The lowest BCUT2D eigenvalue weighted by Gasteiger charge is -2.23. The van der Waals surface area contributed by atoms with Crippen molar-refractivity contribution < 1.29 is 9.15 Å². The van der Waals surface area contributed by atoms with Gasteiger partial charge in [0.1, 0.15) is 12.0 Å². The van der Waals surface area contributed by atoms with E-state index < -0.39 is 0 Å². The fourth-order valence-corrected chi connectivity index (χ4v) is 3.42. The molecule has 4 rings (SSSR count). The van der Waals surface area contributed by atoms with E-state index in [9.17, 15) is 0 Å². The van der Waals surface area contributed by atoms with Crippen molar-refractivity contribution in [2.45, 2.75) is 20.4 Å². The summed E-state index contributed by atoms with van der Waals surface area (Å²) in [7, 11) is 0. The minimum atomic E-state index is 0.632. The zero-order valence-corrected chi connectivity index (χ0v) is 16.3. The lowest BCUT2D eigenvalue weighted by Crippen LogP contribution is -2.22. The standard InChI is InChI=1S/C24H24N2O2/c1-3-26(23-11-7-9-18-8-5-6-10-22(18)23)16-20-17-28-24(25-20)19-12-14-21(15-13-19)27-4-2/h5-15,17H,3-4,16H2,1-2H3. The third-order valence-corrected chi connectivity index (χ3v) is 4.81. The van der Waals surface area contributed by atoms with Crippen LogP contribution in [0, 0.1) is 0 Å². The van der Waals surface area contributed by atoms with Gasteiger partial charge in [-0.25, -0.2) is 4.98 Å². The summed E-state index contributed by atoms with van der Waals surface area (Å²) in [5, 5.41) is 2.50. The molecule has 4 aromatic rings. The van der Waals surface area contributed by atoms with Crippen molar-refractivity contribution in [3.05, 3.63) is 78.7 Å². The molecule has 4 nitrogen and oxygen atoms in total. The van der Waals surface area contributed by atoms with Crippen LogP contribution in [0.1, 0.15) is 19.5 Å². The summed E-state index contributed by atoms with van der Waals surface area (Å²) >= 11 is 0. The Kier molecular flexibility index (Phi) is 5.29. The maximum Gasteiger partial charge on any atom is 0.226 e. The Balaban J connectivity index is 1.56. The van der Waals surface area contributed by atoms with Gasteiger partial charge in [0, 0.05) is 23.2 Å². The van der Waals surface area contributed by atoms with Gasteiger partial charge in [0.05, 0.1) is 18.8 Å². The van der Waals surface area contributed by atoms with Gasteiger partial charge in [-0.3, -0.25) is 0 Å². The van der Waals surface area contributed by atoms with E-state index in [4.69, 9.17) is 14.1 Å². The predicted molar refractivity (Wildman–Crippen MR) is 114 cm³/mol. The van der Waals surface area contributed by atoms with Crippen LogP contribution in [0.15, 0.2) is 77.4 Å². The molecule has 142 valence electrons. The van der Waals surface area contributed by atoms with Crippen molar-refractivity contribution in [1.29, 1.82) is 0 Å². The molecule has 1 heterocycles. The van der Waals surface area contributed by atoms with Crippen LogP contribution in [0.3, 0.4) is 0 Å². The van der Waals surface area contributed by atoms with Crippen LogP contribution in [0.25, 0.3) is 22.2 Å². The number of oxazole rings is 1. The average molecular weight is 372 g/mol. The number of hydrogen-bond acceptors (Lipinski definition) is 4. The summed E-state index contributed by atoms with van der Waals surface area (Å²) in [5.74, 6) is 1.48. The summed E-state index contributed by atoms with van der Waals surface area (Å²) in [5.41, 5.74) is 3.08. The molecule has 0 aliphatic carbocycles. The molecule has 0 N–H and O–H groups in total. The number of benzene rings is 3. The Hall–Kier alpha value is -3.27. The van der Waals surface area contributed by atoms with Gasteiger partial charge in [-0.05, 0) is 49.6 Å². The monoisotopic (exact) mass is 372 g/mol. The van der Waals surface area contributed by atoms with Crippen LogP contribution in [0.4, 0.5) is 5.69 Å². The minimum absolute atomic E-state index is 0.632. The number of anilines is 1. The predicted octanol–water partition coefficient (Wildman–Crippen LogP) is 5.92. The normalized spacial score (nSPS) is 10.9. The van der Waals surface area contributed by atoms with Gasteiger partial charge in [0.2, 0.25) is 5.89 Å². The lowest BCUT2D eigenvalue weighted by molar-refractivity contribution is 0.340. The fraction of sp³-hybridized carbons (Fsp3) is 0.208. The molecule has 0 amide bonds. The molecule has 0 atom stereocenters. The van der Waals surface area contributed by atoms with Crippen molar-refractivity contribution in [1.82, 2.24) is 4.98 Å². The van der Waals surface area contributed by atoms with Crippen LogP contribution in [0.2, 0.25) is 0 Å². The van der Waals surface area contributed by atoms with E-state index in [0.29, 0.717) is 19.0 Å². The maximum atomic E-state index is 5.74.